The molecule has 12 aromatic carbocycles. The second-order valence-electron chi connectivity index (χ2n) is 25.1. The Balaban J connectivity index is 0.000000200. The predicted molar refractivity (Wildman–Crippen MR) is 513 cm³/mol. The molecular weight excluding hydrogens is 2150 g/mol. The molecule has 30 nitrogen and oxygen atoms in total. The van der Waals surface area contributed by atoms with Crippen molar-refractivity contribution in [3.63, 3.8) is 0 Å². The molecule has 0 fully saturated rings. The van der Waals surface area contributed by atoms with Crippen molar-refractivity contribution < 1.29 is 171 Å². The number of H-pyrrole nitrogens is 12. The fraction of sp³-hybridized carbons (Fsp3) is 0. The van der Waals surface area contributed by atoms with E-state index in [1.165, 1.54) is 123 Å². The first-order valence-corrected chi connectivity index (χ1v) is 57.1. The number of thiazole rings is 12. The molecule has 0 amide bonds. The fourth-order valence-corrected chi connectivity index (χ4v) is 18.8. The van der Waals surface area contributed by atoms with Crippen LogP contribution in [-0.2, 0) is 27.4 Å². The van der Waals surface area contributed by atoms with Gasteiger partial charge in [-0.15, -0.1) is 0 Å². The van der Waals surface area contributed by atoms with Gasteiger partial charge < -0.3 is 86.1 Å². The molecule has 0 saturated heterocycles. The van der Waals surface area contributed by atoms with Crippen LogP contribution in [0.2, 0.25) is 0 Å². The first-order chi connectivity index (χ1) is 65.6. The normalized spacial score (nSPS) is 10.6. The number of aromatic amines is 12. The molecule has 0 spiro atoms. The quantitative estimate of drug-likeness (QED) is 0.100. The van der Waals surface area contributed by atoms with Crippen LogP contribution in [0.15, 0.2) is 357 Å². The molecule has 0 atom stereocenters. The highest BCUT2D eigenvalue weighted by Crippen LogP contribution is 2.27. The summed E-state index contributed by atoms with van der Waals surface area (Å²) in [4.78, 5) is 139. The average molecular weight is 2220 g/mol. The molecule has 0 aliphatic rings. The molecule has 0 radical (unpaired) electrons. The van der Waals surface area contributed by atoms with Crippen LogP contribution in [0.1, 0.15) is 0 Å². The second-order valence-corrected chi connectivity index (χ2v) is 41.2. The Morgan fingerprint density at radius 2 is 0.196 bits per heavy atom. The van der Waals surface area contributed by atoms with Crippen molar-refractivity contribution in [2.45, 2.75) is 0 Å². The van der Waals surface area contributed by atoms with Crippen molar-refractivity contribution in [2.24, 2.45) is 0 Å². The minimum Gasteiger partial charge on any atom is -0.786 e. The highest BCUT2D eigenvalue weighted by molar-refractivity contribution is 7.44. The lowest BCUT2D eigenvalue weighted by molar-refractivity contribution is -0.338. The Hall–Kier alpha value is -10.2. The van der Waals surface area contributed by atoms with E-state index in [0.717, 1.165) is 0 Å². The summed E-state index contributed by atoms with van der Waals surface area (Å²) in [6.45, 7) is 0. The van der Waals surface area contributed by atoms with Crippen molar-refractivity contribution in [1.29, 1.82) is 0 Å². The van der Waals surface area contributed by atoms with Crippen LogP contribution in [0.5, 0.6) is 0 Å². The Labute approximate surface area is 827 Å². The molecule has 0 saturated carbocycles. The third-order valence-corrected chi connectivity index (χ3v) is 25.6. The lowest BCUT2D eigenvalue weighted by atomic mass is 10.3. The van der Waals surface area contributed by atoms with Crippen molar-refractivity contribution in [3.8, 4) is 0 Å². The van der Waals surface area contributed by atoms with Gasteiger partial charge in [0.25, 0.3) is 0 Å². The van der Waals surface area contributed by atoms with Gasteiger partial charge in [-0.05, 0) is 72.8 Å². The summed E-state index contributed by atoms with van der Waals surface area (Å²) in [7, 11) is -33.8. The number of para-hydroxylation sites is 12. The molecule has 0 bridgehead atoms. The average Bonchev–Trinajstić information content (AvgIpc) is 1.82. The lowest BCUT2D eigenvalue weighted by Crippen LogP contribution is -2.07. The standard InChI is InChI=1S/12C7H5NS.6FH2O3P/c12*1-2-4-7-6(3-1)8-5-9-7;6*1-5(2,3)4/h12*1-5H;6*(H2,2,3,4). The maximum Gasteiger partial charge on any atom is 0.224 e. The largest absolute Gasteiger partial charge is 0.786 e. The third-order valence-electron chi connectivity index (χ3n) is 15.4. The fourth-order valence-electron chi connectivity index (χ4n) is 10.1. The zero-order valence-corrected chi connectivity index (χ0v) is 85.0. The number of aromatic nitrogens is 12. The summed E-state index contributed by atoms with van der Waals surface area (Å²) in [5.41, 5.74) is 38.6. The molecule has 24 aromatic rings. The van der Waals surface area contributed by atoms with Crippen molar-refractivity contribution in [3.05, 3.63) is 357 Å². The van der Waals surface area contributed by atoms with Crippen LogP contribution >= 0.6 is 183 Å². The highest BCUT2D eigenvalue weighted by atomic mass is 32.1. The summed E-state index contributed by atoms with van der Waals surface area (Å²) in [5.74, 6) is 0. The molecule has 54 heteroatoms. The van der Waals surface area contributed by atoms with E-state index in [1.807, 2.05) is 212 Å². The molecule has 24 rings (SSSR count). The van der Waals surface area contributed by atoms with E-state index in [-0.39, 0.29) is 0 Å². The van der Waals surface area contributed by atoms with Gasteiger partial charge in [0.15, 0.2) is 0 Å². The Morgan fingerprint density at radius 1 is 0.138 bits per heavy atom. The van der Waals surface area contributed by atoms with Crippen LogP contribution in [0, 0.1) is 0 Å². The van der Waals surface area contributed by atoms with Gasteiger partial charge in [-0.3, -0.25) is 0 Å². The minimum absolute atomic E-state index is 1.22. The maximum atomic E-state index is 10.1. The number of fused-ring (bicyclic) bond motifs is 12. The summed E-state index contributed by atoms with van der Waals surface area (Å²) in [6.07, 6.45) is 0. The molecule has 0 aliphatic carbocycles. The summed E-state index contributed by atoms with van der Waals surface area (Å²) in [6, 6.07) is 99.2. The SMILES string of the molecule is O=P([O-])([O-])F.O=P([O-])([O-])F.O=P([O-])([O-])F.O=P([O-])([O-])F.O=P([O-])([O-])F.O=P([O-])([O-])F.c1ccc2sc[nH+]c2c1.c1ccc2sc[nH+]c2c1.c1ccc2sc[nH+]c2c1.c1ccc2sc[nH+]c2c1.c1ccc2sc[nH+]c2c1.c1ccc2sc[nH+]c2c1.c1ccc2sc[nH+]c2c1.c1ccc2sc[nH+]c2c1.c1ccc2sc[nH+]c2c1.c1ccc2sc[nH+]c2c1.c1ccc2sc[nH+]c2c1.c1ccc2sc[nH+]c2c1. The number of halogens is 6. The van der Waals surface area contributed by atoms with Crippen LogP contribution in [0.25, 0.3) is 123 Å². The van der Waals surface area contributed by atoms with Gasteiger partial charge in [0.1, 0.15) is 104 Å². The maximum absolute atomic E-state index is 10.1. The van der Waals surface area contributed by atoms with E-state index in [4.69, 9.17) is 86.1 Å². The van der Waals surface area contributed by atoms with Gasteiger partial charge in [0, 0.05) is 72.8 Å². The third kappa shape index (κ3) is 52.2. The van der Waals surface area contributed by atoms with Crippen LogP contribution in [0.4, 0.5) is 25.2 Å². The second kappa shape index (κ2) is 60.7. The highest BCUT2D eigenvalue weighted by Gasteiger charge is 2.06. The lowest BCUT2D eigenvalue weighted by Gasteiger charge is -2.15. The molecule has 12 aromatic heterocycles. The van der Waals surface area contributed by atoms with Crippen LogP contribution in [0.3, 0.4) is 0 Å². The summed E-state index contributed by atoms with van der Waals surface area (Å²) < 4.78 is 127. The first kappa shape index (κ1) is 115. The summed E-state index contributed by atoms with van der Waals surface area (Å²) >= 11 is 20.8. The first-order valence-electron chi connectivity index (χ1n) is 38.0. The topological polar surface area (TPSA) is 549 Å². The number of benzene rings is 12. The molecule has 138 heavy (non-hydrogen) atoms. The van der Waals surface area contributed by atoms with Crippen LogP contribution < -0.4 is 119 Å². The van der Waals surface area contributed by atoms with E-state index in [1.54, 1.807) is 136 Å². The van der Waals surface area contributed by atoms with E-state index in [0.29, 0.717) is 0 Å². The molecular formula is C84H72F6N12O18P6S12. The van der Waals surface area contributed by atoms with E-state index in [9.17, 15) is 25.2 Å². The summed E-state index contributed by atoms with van der Waals surface area (Å²) in [5, 5.41) is 0. The Bertz CT molecular complexity index is 5900. The van der Waals surface area contributed by atoms with Gasteiger partial charge >= 0.3 is 0 Å². The van der Waals surface area contributed by atoms with Crippen molar-refractivity contribution in [2.75, 3.05) is 0 Å². The zero-order valence-electron chi connectivity index (χ0n) is 69.8. The van der Waals surface area contributed by atoms with E-state index >= 15 is 0 Å². The molecule has 0 aliphatic heterocycles. The molecule has 12 heterocycles. The molecule has 0 unspecified atom stereocenters. The van der Waals surface area contributed by atoms with Crippen LogP contribution in [-0.4, -0.2) is 0 Å². The Kier molecular flexibility index (Phi) is 50.5. The van der Waals surface area contributed by atoms with Gasteiger partial charge in [-0.25, -0.2) is 85.0 Å². The Morgan fingerprint density at radius 3 is 0.254 bits per heavy atom. The van der Waals surface area contributed by atoms with Gasteiger partial charge in [-0.1, -0.05) is 282 Å². The van der Waals surface area contributed by atoms with E-state index < -0.39 is 47.4 Å². The van der Waals surface area contributed by atoms with Gasteiger partial charge in [-0.2, -0.15) is 0 Å². The number of nitrogens with one attached hydrogen (secondary N) is 12. The number of hydrogen-bond acceptors (Lipinski definition) is 30. The smallest absolute Gasteiger partial charge is 0.224 e. The monoisotopic (exact) mass is 2220 g/mol. The van der Waals surface area contributed by atoms with Crippen molar-refractivity contribution in [1.82, 2.24) is 0 Å². The zero-order chi connectivity index (χ0) is 100. The minimum atomic E-state index is -5.64. The van der Waals surface area contributed by atoms with Gasteiger partial charge in [0.2, 0.25) is 132 Å². The predicted octanol–water partition coefficient (Wildman–Crippen LogP) is 13.3. The molecule has 720 valence electrons. The molecule has 12 N–H and O–H groups in total. The van der Waals surface area contributed by atoms with Gasteiger partial charge in [0.05, 0.1) is 0 Å². The van der Waals surface area contributed by atoms with Crippen molar-refractivity contribution >= 4 is 306 Å². The number of rotatable bonds is 0. The number of hydrogen-bond donors (Lipinski definition) is 0. The van der Waals surface area contributed by atoms with E-state index in [2.05, 4.69) is 205 Å².